The maximum Gasteiger partial charge on any atom is 0.127 e. The molecule has 0 amide bonds. The average molecular weight is 340 g/mol. The van der Waals surface area contributed by atoms with Gasteiger partial charge in [0.25, 0.3) is 0 Å². The Morgan fingerprint density at radius 2 is 1.85 bits per heavy atom. The van der Waals surface area contributed by atoms with Gasteiger partial charge in [0.15, 0.2) is 0 Å². The first-order valence-electron chi connectivity index (χ1n) is 7.89. The molecular formula is C17H23BrFN. The normalized spacial score (nSPS) is 26.7. The van der Waals surface area contributed by atoms with Crippen molar-refractivity contribution in [2.45, 2.75) is 51.0 Å². The fraction of sp³-hybridized carbons (Fsp3) is 0.647. The standard InChI is InChI=1S/C17H23BrFN/c18-15-6-5-13(17(19)10-15)9-12-3-1-2-4-14(12)11-20-16-7-8-16/h5-6,10,12,14,16,20H,1-4,7-9,11H2. The molecule has 3 heteroatoms. The summed E-state index contributed by atoms with van der Waals surface area (Å²) in [5.74, 6) is 1.32. The summed E-state index contributed by atoms with van der Waals surface area (Å²) in [6, 6.07) is 6.27. The third kappa shape index (κ3) is 3.82. The van der Waals surface area contributed by atoms with Crippen LogP contribution < -0.4 is 5.32 Å². The molecule has 0 saturated heterocycles. The smallest absolute Gasteiger partial charge is 0.127 e. The zero-order chi connectivity index (χ0) is 13.9. The van der Waals surface area contributed by atoms with Crippen LogP contribution in [-0.4, -0.2) is 12.6 Å². The van der Waals surface area contributed by atoms with E-state index < -0.39 is 0 Å². The summed E-state index contributed by atoms with van der Waals surface area (Å²) < 4.78 is 14.8. The van der Waals surface area contributed by atoms with Crippen molar-refractivity contribution >= 4 is 15.9 Å². The summed E-state index contributed by atoms with van der Waals surface area (Å²) in [7, 11) is 0. The van der Waals surface area contributed by atoms with Crippen LogP contribution in [0.4, 0.5) is 4.39 Å². The zero-order valence-corrected chi connectivity index (χ0v) is 13.5. The first kappa shape index (κ1) is 14.5. The van der Waals surface area contributed by atoms with Gasteiger partial charge in [-0.25, -0.2) is 4.39 Å². The lowest BCUT2D eigenvalue weighted by Gasteiger charge is -2.32. The van der Waals surface area contributed by atoms with Crippen LogP contribution in [0.3, 0.4) is 0 Å². The largest absolute Gasteiger partial charge is 0.314 e. The number of hydrogen-bond acceptors (Lipinski definition) is 1. The van der Waals surface area contributed by atoms with Crippen molar-refractivity contribution in [2.24, 2.45) is 11.8 Å². The van der Waals surface area contributed by atoms with Gasteiger partial charge in [-0.05, 0) is 68.2 Å². The fourth-order valence-corrected chi connectivity index (χ4v) is 3.73. The lowest BCUT2D eigenvalue weighted by atomic mass is 9.76. The molecule has 2 unspecified atom stereocenters. The van der Waals surface area contributed by atoms with Crippen LogP contribution in [0.1, 0.15) is 44.1 Å². The summed E-state index contributed by atoms with van der Waals surface area (Å²) in [5, 5.41) is 3.66. The van der Waals surface area contributed by atoms with Crippen molar-refractivity contribution in [3.05, 3.63) is 34.1 Å². The van der Waals surface area contributed by atoms with E-state index in [2.05, 4.69) is 21.2 Å². The minimum atomic E-state index is -0.0566. The minimum absolute atomic E-state index is 0.0566. The Kier molecular flexibility index (Phi) is 4.77. The summed E-state index contributed by atoms with van der Waals surface area (Å²) >= 11 is 3.33. The highest BCUT2D eigenvalue weighted by Crippen LogP contribution is 2.33. The Bertz CT molecular complexity index is 458. The molecule has 2 fully saturated rings. The van der Waals surface area contributed by atoms with Gasteiger partial charge in [0.2, 0.25) is 0 Å². The van der Waals surface area contributed by atoms with Crippen LogP contribution in [0.15, 0.2) is 22.7 Å². The molecule has 0 heterocycles. The first-order valence-corrected chi connectivity index (χ1v) is 8.69. The van der Waals surface area contributed by atoms with Gasteiger partial charge in [-0.15, -0.1) is 0 Å². The second-order valence-corrected chi connectivity index (χ2v) is 7.34. The lowest BCUT2D eigenvalue weighted by Crippen LogP contribution is -2.32. The summed E-state index contributed by atoms with van der Waals surface area (Å²) in [4.78, 5) is 0. The number of rotatable bonds is 5. The molecule has 0 radical (unpaired) electrons. The van der Waals surface area contributed by atoms with Crippen molar-refractivity contribution in [2.75, 3.05) is 6.54 Å². The van der Waals surface area contributed by atoms with Gasteiger partial charge in [0.1, 0.15) is 5.82 Å². The predicted octanol–water partition coefficient (Wildman–Crippen LogP) is 4.69. The van der Waals surface area contributed by atoms with Gasteiger partial charge in [0.05, 0.1) is 0 Å². The van der Waals surface area contributed by atoms with Crippen LogP contribution in [-0.2, 0) is 6.42 Å². The first-order chi connectivity index (χ1) is 9.72. The Hall–Kier alpha value is -0.410. The van der Waals surface area contributed by atoms with E-state index in [1.54, 1.807) is 6.07 Å². The van der Waals surface area contributed by atoms with Crippen LogP contribution in [0.25, 0.3) is 0 Å². The summed E-state index contributed by atoms with van der Waals surface area (Å²) in [6.07, 6.45) is 8.81. The van der Waals surface area contributed by atoms with E-state index in [0.717, 1.165) is 35.0 Å². The molecular weight excluding hydrogens is 317 g/mol. The third-order valence-electron chi connectivity index (χ3n) is 4.81. The van der Waals surface area contributed by atoms with Gasteiger partial charge < -0.3 is 5.32 Å². The molecule has 1 aromatic carbocycles. The predicted molar refractivity (Wildman–Crippen MR) is 84.3 cm³/mol. The number of benzene rings is 1. The molecule has 110 valence electrons. The monoisotopic (exact) mass is 339 g/mol. The van der Waals surface area contributed by atoms with Crippen molar-refractivity contribution in [3.8, 4) is 0 Å². The molecule has 0 aromatic heterocycles. The number of halogens is 2. The van der Waals surface area contributed by atoms with Crippen LogP contribution in [0, 0.1) is 17.7 Å². The SMILES string of the molecule is Fc1cc(Br)ccc1CC1CCCCC1CNC1CC1. The highest BCUT2D eigenvalue weighted by atomic mass is 79.9. The zero-order valence-electron chi connectivity index (χ0n) is 11.9. The van der Waals surface area contributed by atoms with Gasteiger partial charge in [-0.3, -0.25) is 0 Å². The van der Waals surface area contributed by atoms with Crippen molar-refractivity contribution in [1.82, 2.24) is 5.32 Å². The molecule has 1 N–H and O–H groups in total. The second-order valence-electron chi connectivity index (χ2n) is 6.43. The second kappa shape index (κ2) is 6.57. The highest BCUT2D eigenvalue weighted by molar-refractivity contribution is 9.10. The van der Waals surface area contributed by atoms with Crippen molar-refractivity contribution in [1.29, 1.82) is 0 Å². The topological polar surface area (TPSA) is 12.0 Å². The average Bonchev–Trinajstić information content (AvgIpc) is 3.25. The minimum Gasteiger partial charge on any atom is -0.314 e. The van der Waals surface area contributed by atoms with Gasteiger partial charge in [-0.2, -0.15) is 0 Å². The Morgan fingerprint density at radius 3 is 2.55 bits per heavy atom. The lowest BCUT2D eigenvalue weighted by molar-refractivity contribution is 0.226. The highest BCUT2D eigenvalue weighted by Gasteiger charge is 2.28. The maximum absolute atomic E-state index is 14.0. The molecule has 20 heavy (non-hydrogen) atoms. The fourth-order valence-electron chi connectivity index (χ4n) is 3.40. The van der Waals surface area contributed by atoms with Crippen LogP contribution in [0.5, 0.6) is 0 Å². The van der Waals surface area contributed by atoms with E-state index in [1.807, 2.05) is 12.1 Å². The number of hydrogen-bond donors (Lipinski definition) is 1. The van der Waals surface area contributed by atoms with Crippen molar-refractivity contribution < 1.29 is 4.39 Å². The van der Waals surface area contributed by atoms with E-state index in [1.165, 1.54) is 38.5 Å². The summed E-state index contributed by atoms with van der Waals surface area (Å²) in [6.45, 7) is 1.13. The van der Waals surface area contributed by atoms with E-state index in [-0.39, 0.29) is 5.82 Å². The molecule has 2 saturated carbocycles. The molecule has 3 rings (SSSR count). The molecule has 0 spiro atoms. The Morgan fingerprint density at radius 1 is 1.10 bits per heavy atom. The Labute approximate surface area is 129 Å². The van der Waals surface area contributed by atoms with Gasteiger partial charge in [0, 0.05) is 10.5 Å². The molecule has 1 aromatic rings. The summed E-state index contributed by atoms with van der Waals surface area (Å²) in [5.41, 5.74) is 0.886. The van der Waals surface area contributed by atoms with E-state index >= 15 is 0 Å². The van der Waals surface area contributed by atoms with Crippen LogP contribution >= 0.6 is 15.9 Å². The van der Waals surface area contributed by atoms with Gasteiger partial charge >= 0.3 is 0 Å². The molecule has 2 aliphatic carbocycles. The molecule has 2 atom stereocenters. The molecule has 1 nitrogen and oxygen atoms in total. The number of nitrogens with one attached hydrogen (secondary N) is 1. The van der Waals surface area contributed by atoms with Crippen molar-refractivity contribution in [3.63, 3.8) is 0 Å². The molecule has 0 bridgehead atoms. The molecule has 0 aliphatic heterocycles. The Balaban J connectivity index is 1.62. The van der Waals surface area contributed by atoms with E-state index in [4.69, 9.17) is 0 Å². The van der Waals surface area contributed by atoms with E-state index in [0.29, 0.717) is 5.92 Å². The maximum atomic E-state index is 14.0. The quantitative estimate of drug-likeness (QED) is 0.820. The van der Waals surface area contributed by atoms with E-state index in [9.17, 15) is 4.39 Å². The molecule has 2 aliphatic rings. The third-order valence-corrected chi connectivity index (χ3v) is 5.30. The van der Waals surface area contributed by atoms with Crippen LogP contribution in [0.2, 0.25) is 0 Å². The van der Waals surface area contributed by atoms with Gasteiger partial charge in [-0.1, -0.05) is 34.8 Å².